The number of piperidine rings is 1. The molecule has 0 spiro atoms. The lowest BCUT2D eigenvalue weighted by molar-refractivity contribution is -0.148. The van der Waals surface area contributed by atoms with Gasteiger partial charge in [-0.3, -0.25) is 4.90 Å². The first-order chi connectivity index (χ1) is 8.78. The first-order valence-corrected chi connectivity index (χ1v) is 6.46. The molecule has 6 heteroatoms. The van der Waals surface area contributed by atoms with E-state index in [4.69, 9.17) is 9.47 Å². The molecule has 0 bridgehead atoms. The summed E-state index contributed by atoms with van der Waals surface area (Å²) in [5.41, 5.74) is -0.621. The van der Waals surface area contributed by atoms with Gasteiger partial charge in [0.15, 0.2) is 0 Å². The highest BCUT2D eigenvalue weighted by atomic mass is 16.6. The lowest BCUT2D eigenvalue weighted by Gasteiger charge is -2.38. The van der Waals surface area contributed by atoms with Crippen LogP contribution in [-0.4, -0.2) is 54.0 Å². The molecule has 110 valence electrons. The minimum absolute atomic E-state index is 0.00676. The smallest absolute Gasteiger partial charge is 0.411 e. The topological polar surface area (TPSA) is 76.1 Å². The van der Waals surface area contributed by atoms with Gasteiger partial charge in [0.25, 0.3) is 0 Å². The van der Waals surface area contributed by atoms with Gasteiger partial charge in [0.1, 0.15) is 11.6 Å². The van der Waals surface area contributed by atoms with Gasteiger partial charge in [-0.2, -0.15) is 0 Å². The Morgan fingerprint density at radius 1 is 1.32 bits per heavy atom. The number of carbonyl (C=O) groups is 2. The zero-order valence-corrected chi connectivity index (χ0v) is 12.0. The molecule has 2 atom stereocenters. The summed E-state index contributed by atoms with van der Waals surface area (Å²) >= 11 is 0. The quantitative estimate of drug-likeness (QED) is 0.764. The van der Waals surface area contributed by atoms with Crippen molar-refractivity contribution in [3.8, 4) is 0 Å². The molecule has 19 heavy (non-hydrogen) atoms. The summed E-state index contributed by atoms with van der Waals surface area (Å²) in [5.74, 6) is -0.462. The number of esters is 1. The molecule has 1 aliphatic rings. The Balaban J connectivity index is 2.81. The number of likely N-dealkylation sites (tertiary alicyclic amines) is 1. The number of methoxy groups -OCH3 is 1. The highest BCUT2D eigenvalue weighted by Crippen LogP contribution is 2.24. The van der Waals surface area contributed by atoms with Gasteiger partial charge in [-0.25, -0.2) is 9.59 Å². The molecule has 1 fully saturated rings. The third-order valence-corrected chi connectivity index (χ3v) is 3.04. The van der Waals surface area contributed by atoms with Crippen molar-refractivity contribution in [2.24, 2.45) is 5.92 Å². The minimum Gasteiger partial charge on any atom is -0.467 e. The highest BCUT2D eigenvalue weighted by Gasteiger charge is 2.38. The van der Waals surface area contributed by atoms with Crippen molar-refractivity contribution < 1.29 is 24.2 Å². The van der Waals surface area contributed by atoms with Gasteiger partial charge >= 0.3 is 12.1 Å². The summed E-state index contributed by atoms with van der Waals surface area (Å²) in [6.07, 6.45) is 0.633. The van der Waals surface area contributed by atoms with Crippen LogP contribution in [0.5, 0.6) is 0 Å². The maximum Gasteiger partial charge on any atom is 0.411 e. The molecule has 0 saturated carbocycles. The number of hydrogen-bond acceptors (Lipinski definition) is 5. The van der Waals surface area contributed by atoms with Crippen LogP contribution in [-0.2, 0) is 14.3 Å². The number of ether oxygens (including phenoxy) is 2. The zero-order chi connectivity index (χ0) is 14.6. The summed E-state index contributed by atoms with van der Waals surface area (Å²) in [6.45, 7) is 5.61. The van der Waals surface area contributed by atoms with Gasteiger partial charge < -0.3 is 14.6 Å². The minimum atomic E-state index is -0.623. The standard InChI is InChI=1S/C13H23NO5/c1-13(2,3)19-12(17)14-7-9(8-15)5-6-10(14)11(16)18-4/h9-10,15H,5-8H2,1-4H3. The average Bonchev–Trinajstić information content (AvgIpc) is 2.35. The van der Waals surface area contributed by atoms with E-state index in [0.29, 0.717) is 19.4 Å². The van der Waals surface area contributed by atoms with Crippen LogP contribution in [0.2, 0.25) is 0 Å². The third-order valence-electron chi connectivity index (χ3n) is 3.04. The SMILES string of the molecule is COC(=O)C1CCC(CO)CN1C(=O)OC(C)(C)C. The van der Waals surface area contributed by atoms with E-state index in [1.807, 2.05) is 0 Å². The highest BCUT2D eigenvalue weighted by molar-refractivity contribution is 5.81. The van der Waals surface area contributed by atoms with Crippen molar-refractivity contribution in [1.29, 1.82) is 0 Å². The van der Waals surface area contributed by atoms with E-state index in [9.17, 15) is 14.7 Å². The van der Waals surface area contributed by atoms with E-state index in [1.54, 1.807) is 20.8 Å². The molecule has 0 radical (unpaired) electrons. The van der Waals surface area contributed by atoms with Crippen LogP contribution in [0.3, 0.4) is 0 Å². The van der Waals surface area contributed by atoms with Crippen LogP contribution in [0, 0.1) is 5.92 Å². The molecular weight excluding hydrogens is 250 g/mol. The molecular formula is C13H23NO5. The van der Waals surface area contributed by atoms with E-state index in [-0.39, 0.29) is 12.5 Å². The molecule has 1 heterocycles. The summed E-state index contributed by atoms with van der Waals surface area (Å²) in [5, 5.41) is 9.21. The van der Waals surface area contributed by atoms with Crippen LogP contribution >= 0.6 is 0 Å². The summed E-state index contributed by atoms with van der Waals surface area (Å²) in [6, 6.07) is -0.623. The van der Waals surface area contributed by atoms with Gasteiger partial charge in [-0.05, 0) is 39.5 Å². The van der Waals surface area contributed by atoms with Crippen LogP contribution in [0.4, 0.5) is 4.79 Å². The average molecular weight is 273 g/mol. The largest absolute Gasteiger partial charge is 0.467 e. The molecule has 0 aromatic carbocycles. The molecule has 1 amide bonds. The fraction of sp³-hybridized carbons (Fsp3) is 0.846. The van der Waals surface area contributed by atoms with Crippen molar-refractivity contribution in [2.75, 3.05) is 20.3 Å². The molecule has 0 aliphatic carbocycles. The fourth-order valence-electron chi connectivity index (χ4n) is 2.10. The van der Waals surface area contributed by atoms with Gasteiger partial charge in [-0.1, -0.05) is 0 Å². The predicted molar refractivity (Wildman–Crippen MR) is 68.6 cm³/mol. The van der Waals surface area contributed by atoms with Crippen LogP contribution in [0.1, 0.15) is 33.6 Å². The van der Waals surface area contributed by atoms with E-state index < -0.39 is 23.7 Å². The Hall–Kier alpha value is -1.30. The van der Waals surface area contributed by atoms with Crippen LogP contribution in [0.25, 0.3) is 0 Å². The molecule has 1 aliphatic heterocycles. The molecule has 0 aromatic rings. The van der Waals surface area contributed by atoms with E-state index >= 15 is 0 Å². The molecule has 0 aromatic heterocycles. The van der Waals surface area contributed by atoms with Crippen molar-refractivity contribution in [2.45, 2.75) is 45.3 Å². The molecule has 1 N–H and O–H groups in total. The first kappa shape index (κ1) is 15.8. The predicted octanol–water partition coefficient (Wildman–Crippen LogP) is 1.17. The van der Waals surface area contributed by atoms with Gasteiger partial charge in [0.2, 0.25) is 0 Å². The van der Waals surface area contributed by atoms with Gasteiger partial charge in [-0.15, -0.1) is 0 Å². The fourth-order valence-corrected chi connectivity index (χ4v) is 2.10. The number of nitrogens with zero attached hydrogens (tertiary/aromatic N) is 1. The number of hydrogen-bond donors (Lipinski definition) is 1. The lowest BCUT2D eigenvalue weighted by atomic mass is 9.93. The molecule has 6 nitrogen and oxygen atoms in total. The Morgan fingerprint density at radius 3 is 2.42 bits per heavy atom. The number of amides is 1. The Morgan fingerprint density at radius 2 is 1.95 bits per heavy atom. The molecule has 1 saturated heterocycles. The number of rotatable bonds is 2. The second kappa shape index (κ2) is 6.23. The van der Waals surface area contributed by atoms with Gasteiger partial charge in [0.05, 0.1) is 7.11 Å². The van der Waals surface area contributed by atoms with Crippen molar-refractivity contribution in [3.63, 3.8) is 0 Å². The first-order valence-electron chi connectivity index (χ1n) is 6.46. The Kier molecular flexibility index (Phi) is 5.17. The molecule has 1 rings (SSSR count). The second-order valence-electron chi connectivity index (χ2n) is 5.80. The maximum absolute atomic E-state index is 12.1. The van der Waals surface area contributed by atoms with Gasteiger partial charge in [0, 0.05) is 13.2 Å². The number of carbonyl (C=O) groups excluding carboxylic acids is 2. The van der Waals surface area contributed by atoms with Crippen LogP contribution in [0.15, 0.2) is 0 Å². The third kappa shape index (κ3) is 4.38. The Labute approximate surface area is 113 Å². The van der Waals surface area contributed by atoms with E-state index in [0.717, 1.165) is 0 Å². The lowest BCUT2D eigenvalue weighted by Crippen LogP contribution is -2.52. The van der Waals surface area contributed by atoms with E-state index in [1.165, 1.54) is 12.0 Å². The maximum atomic E-state index is 12.1. The summed E-state index contributed by atoms with van der Waals surface area (Å²) < 4.78 is 10.0. The number of aliphatic hydroxyl groups excluding tert-OH is 1. The van der Waals surface area contributed by atoms with Crippen molar-refractivity contribution in [3.05, 3.63) is 0 Å². The van der Waals surface area contributed by atoms with Crippen LogP contribution < -0.4 is 0 Å². The second-order valence-corrected chi connectivity index (χ2v) is 5.80. The van der Waals surface area contributed by atoms with Crippen molar-refractivity contribution >= 4 is 12.1 Å². The summed E-state index contributed by atoms with van der Waals surface area (Å²) in [4.78, 5) is 25.2. The molecule has 2 unspecified atom stereocenters. The van der Waals surface area contributed by atoms with Crippen molar-refractivity contribution in [1.82, 2.24) is 4.90 Å². The summed E-state index contributed by atoms with van der Waals surface area (Å²) in [7, 11) is 1.30. The normalized spacial score (nSPS) is 23.9. The number of aliphatic hydroxyl groups is 1. The Bertz CT molecular complexity index is 336. The monoisotopic (exact) mass is 273 g/mol. The van der Waals surface area contributed by atoms with E-state index in [2.05, 4.69) is 0 Å². The zero-order valence-electron chi connectivity index (χ0n) is 12.0.